The summed E-state index contributed by atoms with van der Waals surface area (Å²) in [7, 11) is -4.45. The number of hydrogen-bond donors (Lipinski definition) is 2. The SMILES string of the molecule is O=S(=O)(O)N(NC#Cc1ccccc1)c1ccccc1. The van der Waals surface area contributed by atoms with E-state index in [9.17, 15) is 13.0 Å². The van der Waals surface area contributed by atoms with E-state index in [1.54, 1.807) is 30.3 Å². The van der Waals surface area contributed by atoms with Crippen molar-refractivity contribution in [2.75, 3.05) is 4.41 Å². The van der Waals surface area contributed by atoms with Gasteiger partial charge in [-0.05, 0) is 30.2 Å². The highest BCUT2D eigenvalue weighted by Crippen LogP contribution is 2.13. The molecule has 102 valence electrons. The van der Waals surface area contributed by atoms with Gasteiger partial charge in [-0.25, -0.2) is 5.43 Å². The quantitative estimate of drug-likeness (QED) is 0.391. The second kappa shape index (κ2) is 6.10. The molecule has 0 aromatic heterocycles. The summed E-state index contributed by atoms with van der Waals surface area (Å²) in [6.45, 7) is 0. The number of anilines is 1. The summed E-state index contributed by atoms with van der Waals surface area (Å²) in [5, 5.41) is 0. The molecular weight excluding hydrogens is 276 g/mol. The molecular formula is C14H12N2O3S. The van der Waals surface area contributed by atoms with Crippen molar-refractivity contribution in [3.05, 3.63) is 66.2 Å². The molecule has 0 amide bonds. The van der Waals surface area contributed by atoms with Crippen LogP contribution < -0.4 is 9.84 Å². The summed E-state index contributed by atoms with van der Waals surface area (Å²) >= 11 is 0. The number of para-hydroxylation sites is 1. The minimum Gasteiger partial charge on any atom is -0.268 e. The average molecular weight is 288 g/mol. The minimum atomic E-state index is -4.45. The molecule has 2 aromatic rings. The van der Waals surface area contributed by atoms with Crippen molar-refractivity contribution >= 4 is 16.0 Å². The zero-order valence-electron chi connectivity index (χ0n) is 10.4. The van der Waals surface area contributed by atoms with Gasteiger partial charge in [-0.1, -0.05) is 36.4 Å². The maximum Gasteiger partial charge on any atom is 0.378 e. The highest BCUT2D eigenvalue weighted by atomic mass is 32.2. The maximum atomic E-state index is 11.3. The molecule has 0 aliphatic heterocycles. The third-order valence-electron chi connectivity index (χ3n) is 2.36. The van der Waals surface area contributed by atoms with Gasteiger partial charge in [0.1, 0.15) is 0 Å². The molecule has 0 spiro atoms. The largest absolute Gasteiger partial charge is 0.378 e. The van der Waals surface area contributed by atoms with Gasteiger partial charge in [-0.15, -0.1) is 0 Å². The lowest BCUT2D eigenvalue weighted by molar-refractivity contribution is 0.475. The zero-order valence-corrected chi connectivity index (χ0v) is 11.2. The monoisotopic (exact) mass is 288 g/mol. The summed E-state index contributed by atoms with van der Waals surface area (Å²) in [5.74, 6) is 2.74. The normalized spacial score (nSPS) is 10.2. The van der Waals surface area contributed by atoms with Crippen molar-refractivity contribution in [2.45, 2.75) is 0 Å². The first-order valence-corrected chi connectivity index (χ1v) is 7.11. The van der Waals surface area contributed by atoms with E-state index in [2.05, 4.69) is 17.4 Å². The third-order valence-corrected chi connectivity index (χ3v) is 3.12. The Kier molecular flexibility index (Phi) is 4.25. The summed E-state index contributed by atoms with van der Waals surface area (Å²) in [6, 6.07) is 19.7. The molecule has 0 heterocycles. The first kappa shape index (κ1) is 13.9. The molecule has 0 saturated heterocycles. The van der Waals surface area contributed by atoms with E-state index in [1.165, 1.54) is 12.1 Å². The van der Waals surface area contributed by atoms with Crippen LogP contribution in [0, 0.1) is 12.0 Å². The van der Waals surface area contributed by atoms with Crippen LogP contribution in [0.3, 0.4) is 0 Å². The predicted octanol–water partition coefficient (Wildman–Crippen LogP) is 1.81. The molecule has 2 aromatic carbocycles. The van der Waals surface area contributed by atoms with Gasteiger partial charge in [0.2, 0.25) is 0 Å². The van der Waals surface area contributed by atoms with E-state index < -0.39 is 10.3 Å². The summed E-state index contributed by atoms with van der Waals surface area (Å²) in [6.07, 6.45) is 0. The van der Waals surface area contributed by atoms with Crippen molar-refractivity contribution in [2.24, 2.45) is 0 Å². The maximum absolute atomic E-state index is 11.3. The molecule has 0 atom stereocenters. The Morgan fingerprint density at radius 3 is 2.05 bits per heavy atom. The van der Waals surface area contributed by atoms with E-state index in [0.29, 0.717) is 4.41 Å². The summed E-state index contributed by atoms with van der Waals surface area (Å²) < 4.78 is 32.4. The van der Waals surface area contributed by atoms with Crippen LogP contribution in [-0.4, -0.2) is 13.0 Å². The average Bonchev–Trinajstić information content (AvgIpc) is 2.44. The van der Waals surface area contributed by atoms with Crippen molar-refractivity contribution in [3.8, 4) is 12.0 Å². The van der Waals surface area contributed by atoms with Crippen molar-refractivity contribution in [1.29, 1.82) is 0 Å². The molecule has 0 bridgehead atoms. The van der Waals surface area contributed by atoms with Crippen molar-refractivity contribution in [3.63, 3.8) is 0 Å². The van der Waals surface area contributed by atoms with Gasteiger partial charge in [0, 0.05) is 11.6 Å². The molecule has 0 saturated carbocycles. The number of hydrogen-bond acceptors (Lipinski definition) is 3. The molecule has 0 aliphatic carbocycles. The number of hydrazine groups is 1. The molecule has 6 heteroatoms. The van der Waals surface area contributed by atoms with Gasteiger partial charge in [-0.2, -0.15) is 12.8 Å². The Morgan fingerprint density at radius 1 is 0.950 bits per heavy atom. The summed E-state index contributed by atoms with van der Waals surface area (Å²) in [5.41, 5.74) is 3.35. The number of rotatable bonds is 3. The highest BCUT2D eigenvalue weighted by Gasteiger charge is 2.18. The van der Waals surface area contributed by atoms with Crippen LogP contribution in [0.15, 0.2) is 60.7 Å². The Balaban J connectivity index is 2.21. The highest BCUT2D eigenvalue weighted by molar-refractivity contribution is 7.87. The fourth-order valence-corrected chi connectivity index (χ4v) is 2.04. The predicted molar refractivity (Wildman–Crippen MR) is 76.9 cm³/mol. The van der Waals surface area contributed by atoms with Gasteiger partial charge in [0.25, 0.3) is 0 Å². The first-order chi connectivity index (χ1) is 9.57. The smallest absolute Gasteiger partial charge is 0.268 e. The molecule has 2 N–H and O–H groups in total. The molecule has 0 fully saturated rings. The Morgan fingerprint density at radius 2 is 1.50 bits per heavy atom. The number of nitrogens with zero attached hydrogens (tertiary/aromatic N) is 1. The van der Waals surface area contributed by atoms with Gasteiger partial charge >= 0.3 is 10.3 Å². The Hall–Kier alpha value is -2.49. The molecule has 0 radical (unpaired) electrons. The van der Waals surface area contributed by atoms with Crippen LogP contribution in [0.25, 0.3) is 0 Å². The number of nitrogens with one attached hydrogen (secondary N) is 1. The van der Waals surface area contributed by atoms with Crippen LogP contribution in [0.5, 0.6) is 0 Å². The molecule has 5 nitrogen and oxygen atoms in total. The van der Waals surface area contributed by atoms with Crippen LogP contribution in [0.2, 0.25) is 0 Å². The molecule has 0 unspecified atom stereocenters. The standard InChI is InChI=1S/C14H12N2O3S/c17-20(18,19)16(14-9-5-2-6-10-14)15-12-11-13-7-3-1-4-8-13/h1-10,15H,(H,17,18,19). The van der Waals surface area contributed by atoms with Crippen LogP contribution >= 0.6 is 0 Å². The topological polar surface area (TPSA) is 69.6 Å². The Bertz CT molecular complexity index is 719. The minimum absolute atomic E-state index is 0.261. The van der Waals surface area contributed by atoms with E-state index in [4.69, 9.17) is 0 Å². The van der Waals surface area contributed by atoms with Gasteiger partial charge in [0.15, 0.2) is 0 Å². The third kappa shape index (κ3) is 3.75. The lowest BCUT2D eigenvalue weighted by Crippen LogP contribution is -2.39. The second-order valence-corrected chi connectivity index (χ2v) is 5.07. The fraction of sp³-hybridized carbons (Fsp3) is 0. The zero-order chi connectivity index (χ0) is 14.4. The van der Waals surface area contributed by atoms with Gasteiger partial charge in [-0.3, -0.25) is 4.55 Å². The number of benzene rings is 2. The van der Waals surface area contributed by atoms with Crippen molar-refractivity contribution in [1.82, 2.24) is 5.43 Å². The van der Waals surface area contributed by atoms with E-state index in [1.807, 2.05) is 18.2 Å². The van der Waals surface area contributed by atoms with Gasteiger partial charge in [0.05, 0.1) is 5.69 Å². The molecule has 0 aliphatic rings. The van der Waals surface area contributed by atoms with E-state index in [-0.39, 0.29) is 5.69 Å². The van der Waals surface area contributed by atoms with Gasteiger partial charge < -0.3 is 0 Å². The van der Waals surface area contributed by atoms with Crippen molar-refractivity contribution < 1.29 is 13.0 Å². The molecule has 2 rings (SSSR count). The first-order valence-electron chi connectivity index (χ1n) is 5.72. The van der Waals surface area contributed by atoms with Crippen LogP contribution in [0.4, 0.5) is 5.69 Å². The second-order valence-electron chi connectivity index (χ2n) is 3.81. The lowest BCUT2D eigenvalue weighted by Gasteiger charge is -2.18. The summed E-state index contributed by atoms with van der Waals surface area (Å²) in [4.78, 5) is 0. The fourth-order valence-electron chi connectivity index (χ4n) is 1.49. The van der Waals surface area contributed by atoms with Crippen LogP contribution in [-0.2, 0) is 10.3 Å². The van der Waals surface area contributed by atoms with E-state index >= 15 is 0 Å². The van der Waals surface area contributed by atoms with Crippen LogP contribution in [0.1, 0.15) is 5.56 Å². The molecule has 20 heavy (non-hydrogen) atoms. The van der Waals surface area contributed by atoms with E-state index in [0.717, 1.165) is 5.56 Å². The Labute approximate surface area is 117 Å². The lowest BCUT2D eigenvalue weighted by atomic mass is 10.2.